The summed E-state index contributed by atoms with van der Waals surface area (Å²) < 4.78 is 26.0. The van der Waals surface area contributed by atoms with Gasteiger partial charge in [-0.3, -0.25) is 4.79 Å². The molecule has 0 aliphatic rings. The molecule has 0 heterocycles. The number of benzene rings is 1. The van der Waals surface area contributed by atoms with Gasteiger partial charge in [0.05, 0.1) is 11.4 Å². The minimum absolute atomic E-state index is 0.0139. The highest BCUT2D eigenvalue weighted by molar-refractivity contribution is 7.89. The maximum atomic E-state index is 12.5. The number of aliphatic hydroxyl groups excluding tert-OH is 1. The molecule has 0 atom stereocenters. The SMILES string of the molecule is CN(C)C(=O)CN(C)S(=O)(=O)c1ccccc1C#CCO. The normalized spacial score (nSPS) is 10.9. The third-order valence-electron chi connectivity index (χ3n) is 2.73. The molecule has 1 aromatic carbocycles. The quantitative estimate of drug-likeness (QED) is 0.777. The van der Waals surface area contributed by atoms with Gasteiger partial charge in [0, 0.05) is 26.7 Å². The molecule has 0 aliphatic carbocycles. The highest BCUT2D eigenvalue weighted by Crippen LogP contribution is 2.18. The summed E-state index contributed by atoms with van der Waals surface area (Å²) in [5, 5.41) is 8.73. The molecule has 1 amide bonds. The lowest BCUT2D eigenvalue weighted by Gasteiger charge is -2.19. The Morgan fingerprint density at radius 1 is 1.24 bits per heavy atom. The zero-order valence-corrected chi connectivity index (χ0v) is 13.0. The van der Waals surface area contributed by atoms with E-state index in [0.717, 1.165) is 4.31 Å². The number of nitrogens with zero attached hydrogens (tertiary/aromatic N) is 2. The summed E-state index contributed by atoms with van der Waals surface area (Å²) in [7, 11) is 0.631. The van der Waals surface area contributed by atoms with Crippen LogP contribution in [0.15, 0.2) is 29.2 Å². The Labute approximate surface area is 125 Å². The van der Waals surface area contributed by atoms with E-state index in [1.807, 2.05) is 0 Å². The zero-order valence-electron chi connectivity index (χ0n) is 12.2. The molecule has 0 fully saturated rings. The van der Waals surface area contributed by atoms with Gasteiger partial charge in [-0.1, -0.05) is 24.0 Å². The van der Waals surface area contributed by atoms with Gasteiger partial charge in [0.2, 0.25) is 15.9 Å². The van der Waals surface area contributed by atoms with E-state index >= 15 is 0 Å². The first-order valence-corrected chi connectivity index (χ1v) is 7.60. The second-order valence-electron chi connectivity index (χ2n) is 4.51. The molecule has 0 saturated heterocycles. The van der Waals surface area contributed by atoms with Crippen molar-refractivity contribution in [3.05, 3.63) is 29.8 Å². The third-order valence-corrected chi connectivity index (χ3v) is 4.60. The molecule has 1 N–H and O–H groups in total. The highest BCUT2D eigenvalue weighted by atomic mass is 32.2. The lowest BCUT2D eigenvalue weighted by atomic mass is 10.2. The van der Waals surface area contributed by atoms with E-state index in [0.29, 0.717) is 0 Å². The van der Waals surface area contributed by atoms with Crippen molar-refractivity contribution in [3.8, 4) is 11.8 Å². The Morgan fingerprint density at radius 3 is 2.43 bits per heavy atom. The van der Waals surface area contributed by atoms with Crippen LogP contribution in [0.4, 0.5) is 0 Å². The smallest absolute Gasteiger partial charge is 0.244 e. The van der Waals surface area contributed by atoms with Crippen LogP contribution in [0, 0.1) is 11.8 Å². The van der Waals surface area contributed by atoms with E-state index in [2.05, 4.69) is 11.8 Å². The average molecular weight is 310 g/mol. The molecule has 0 aromatic heterocycles. The standard InChI is InChI=1S/C14H18N2O4S/c1-15(2)14(18)11-16(3)21(19,20)13-9-5-4-7-12(13)8-6-10-17/h4-5,7,9,17H,10-11H2,1-3H3. The number of rotatable bonds is 4. The number of sulfonamides is 1. The Morgan fingerprint density at radius 2 is 1.86 bits per heavy atom. The van der Waals surface area contributed by atoms with Crippen LogP contribution in [-0.2, 0) is 14.8 Å². The van der Waals surface area contributed by atoms with Crippen LogP contribution in [0.5, 0.6) is 0 Å². The van der Waals surface area contributed by atoms with Gasteiger partial charge in [-0.2, -0.15) is 4.31 Å². The van der Waals surface area contributed by atoms with Crippen molar-refractivity contribution in [2.45, 2.75) is 4.90 Å². The molecule has 0 unspecified atom stereocenters. The molecule has 1 rings (SSSR count). The topological polar surface area (TPSA) is 77.9 Å². The van der Waals surface area contributed by atoms with E-state index in [4.69, 9.17) is 5.11 Å². The number of carbonyl (C=O) groups excluding carboxylic acids is 1. The van der Waals surface area contributed by atoms with Crippen molar-refractivity contribution < 1.29 is 18.3 Å². The molecule has 0 spiro atoms. The number of carbonyl (C=O) groups is 1. The van der Waals surface area contributed by atoms with Crippen molar-refractivity contribution in [2.75, 3.05) is 34.3 Å². The molecule has 21 heavy (non-hydrogen) atoms. The summed E-state index contributed by atoms with van der Waals surface area (Å²) in [4.78, 5) is 13.0. The van der Waals surface area contributed by atoms with Gasteiger partial charge >= 0.3 is 0 Å². The second kappa shape index (κ2) is 7.22. The molecular formula is C14H18N2O4S. The molecule has 1 aromatic rings. The summed E-state index contributed by atoms with van der Waals surface area (Å²) in [5.41, 5.74) is 0.288. The van der Waals surface area contributed by atoms with E-state index in [1.54, 1.807) is 32.3 Å². The van der Waals surface area contributed by atoms with Crippen molar-refractivity contribution in [2.24, 2.45) is 0 Å². The highest BCUT2D eigenvalue weighted by Gasteiger charge is 2.25. The van der Waals surface area contributed by atoms with Crippen molar-refractivity contribution in [3.63, 3.8) is 0 Å². The molecule has 0 bridgehead atoms. The maximum absolute atomic E-state index is 12.5. The van der Waals surface area contributed by atoms with E-state index in [-0.39, 0.29) is 29.5 Å². The summed E-state index contributed by atoms with van der Waals surface area (Å²) in [6.45, 7) is -0.611. The predicted molar refractivity (Wildman–Crippen MR) is 78.9 cm³/mol. The van der Waals surface area contributed by atoms with Crippen molar-refractivity contribution in [1.82, 2.24) is 9.21 Å². The number of hydrogen-bond donors (Lipinski definition) is 1. The van der Waals surface area contributed by atoms with Crippen LogP contribution in [0.2, 0.25) is 0 Å². The summed E-state index contributed by atoms with van der Waals surface area (Å²) >= 11 is 0. The summed E-state index contributed by atoms with van der Waals surface area (Å²) in [6, 6.07) is 6.22. The molecule has 6 nitrogen and oxygen atoms in total. The predicted octanol–water partition coefficient (Wildman–Crippen LogP) is -0.261. The lowest BCUT2D eigenvalue weighted by molar-refractivity contribution is -0.128. The van der Waals surface area contributed by atoms with Gasteiger partial charge in [0.1, 0.15) is 6.61 Å². The van der Waals surface area contributed by atoms with Gasteiger partial charge in [-0.25, -0.2) is 8.42 Å². The fraction of sp³-hybridized carbons (Fsp3) is 0.357. The summed E-state index contributed by atoms with van der Waals surface area (Å²) in [5.74, 6) is 4.70. The number of aliphatic hydroxyl groups is 1. The Bertz CT molecular complexity index is 672. The lowest BCUT2D eigenvalue weighted by Crippen LogP contribution is -2.38. The fourth-order valence-electron chi connectivity index (χ4n) is 1.51. The van der Waals surface area contributed by atoms with Crippen LogP contribution < -0.4 is 0 Å². The first kappa shape index (κ1) is 17.2. The van der Waals surface area contributed by atoms with Crippen LogP contribution >= 0.6 is 0 Å². The van der Waals surface area contributed by atoms with Crippen LogP contribution in [0.1, 0.15) is 5.56 Å². The number of hydrogen-bond acceptors (Lipinski definition) is 4. The fourth-order valence-corrected chi connectivity index (χ4v) is 2.78. The molecule has 0 saturated carbocycles. The average Bonchev–Trinajstić information content (AvgIpc) is 2.45. The third kappa shape index (κ3) is 4.29. The van der Waals surface area contributed by atoms with Crippen LogP contribution in [0.3, 0.4) is 0 Å². The number of likely N-dealkylation sites (N-methyl/N-ethyl adjacent to an activating group) is 2. The minimum atomic E-state index is -3.83. The number of amides is 1. The maximum Gasteiger partial charge on any atom is 0.244 e. The van der Waals surface area contributed by atoms with E-state index in [1.165, 1.54) is 18.0 Å². The summed E-state index contributed by atoms with van der Waals surface area (Å²) in [6.07, 6.45) is 0. The first-order chi connectivity index (χ1) is 9.80. The first-order valence-electron chi connectivity index (χ1n) is 6.16. The van der Waals surface area contributed by atoms with Gasteiger partial charge < -0.3 is 10.0 Å². The van der Waals surface area contributed by atoms with Crippen LogP contribution in [0.25, 0.3) is 0 Å². The minimum Gasteiger partial charge on any atom is -0.384 e. The van der Waals surface area contributed by atoms with Gasteiger partial charge in [-0.15, -0.1) is 0 Å². The van der Waals surface area contributed by atoms with Gasteiger partial charge in [-0.05, 0) is 12.1 Å². The molecule has 0 aliphatic heterocycles. The van der Waals surface area contributed by atoms with E-state index in [9.17, 15) is 13.2 Å². The van der Waals surface area contributed by atoms with E-state index < -0.39 is 10.0 Å². The second-order valence-corrected chi connectivity index (χ2v) is 6.52. The molecule has 0 radical (unpaired) electrons. The molecule has 114 valence electrons. The Kier molecular flexibility index (Phi) is 5.90. The molecular weight excluding hydrogens is 292 g/mol. The van der Waals surface area contributed by atoms with Gasteiger partial charge in [0.25, 0.3) is 0 Å². The largest absolute Gasteiger partial charge is 0.384 e. The zero-order chi connectivity index (χ0) is 16.0. The Hall–Kier alpha value is -1.88. The molecule has 7 heteroatoms. The monoisotopic (exact) mass is 310 g/mol. The van der Waals surface area contributed by atoms with Crippen molar-refractivity contribution in [1.29, 1.82) is 0 Å². The van der Waals surface area contributed by atoms with Crippen LogP contribution in [-0.4, -0.2) is 62.9 Å². The van der Waals surface area contributed by atoms with Crippen molar-refractivity contribution >= 4 is 15.9 Å². The van der Waals surface area contributed by atoms with Gasteiger partial charge in [0.15, 0.2) is 0 Å². The Balaban J connectivity index is 3.16.